The average Bonchev–Trinajstić information content (AvgIpc) is 2.79. The topological polar surface area (TPSA) is 116 Å². The summed E-state index contributed by atoms with van der Waals surface area (Å²) in [5, 5.41) is 6.19. The van der Waals surface area contributed by atoms with Gasteiger partial charge in [-0.25, -0.2) is 8.42 Å². The monoisotopic (exact) mass is 443 g/mol. The third-order valence-corrected chi connectivity index (χ3v) is 6.23. The van der Waals surface area contributed by atoms with Crippen LogP contribution in [0.5, 0.6) is 17.2 Å². The van der Waals surface area contributed by atoms with Crippen molar-refractivity contribution >= 4 is 32.3 Å². The van der Waals surface area contributed by atoms with E-state index in [1.165, 1.54) is 12.1 Å². The van der Waals surface area contributed by atoms with Gasteiger partial charge in [0, 0.05) is 17.6 Å². The van der Waals surface area contributed by atoms with Gasteiger partial charge in [0.2, 0.25) is 5.91 Å². The second-order valence-electron chi connectivity index (χ2n) is 6.75. The average molecular weight is 443 g/mol. The number of carbonyl (C=O) groups excluding carboxylic acids is 1. The minimum atomic E-state index is -3.66. The first kappa shape index (κ1) is 20.9. The van der Waals surface area contributed by atoms with Gasteiger partial charge in [0.1, 0.15) is 24.8 Å². The normalized spacial score (nSPS) is 13.1. The van der Waals surface area contributed by atoms with Gasteiger partial charge in [-0.1, -0.05) is 0 Å². The maximum atomic E-state index is 12.6. The van der Waals surface area contributed by atoms with E-state index in [0.29, 0.717) is 41.7 Å². The molecule has 0 radical (unpaired) electrons. The van der Waals surface area contributed by atoms with Crippen molar-refractivity contribution in [3.63, 3.8) is 0 Å². The standard InChI is InChI=1S/C21H21N3O6S/c1-28-17-7-5-16(21-15(17)3-2-8-23-21)24-20(25)12-22-13-31(26,27)14-4-6-18-19(11-14)30-10-9-29-18/h2-8,11,22H,9-10,12-13H2,1H3,(H,24,25). The Labute approximate surface area is 179 Å². The molecule has 0 fully saturated rings. The number of carbonyl (C=O) groups is 1. The highest BCUT2D eigenvalue weighted by Gasteiger charge is 2.20. The van der Waals surface area contributed by atoms with Gasteiger partial charge in [0.25, 0.3) is 0 Å². The number of benzene rings is 2. The molecular formula is C21H21N3O6S. The van der Waals surface area contributed by atoms with Crippen molar-refractivity contribution in [1.29, 1.82) is 0 Å². The van der Waals surface area contributed by atoms with Gasteiger partial charge in [-0.15, -0.1) is 0 Å². The fourth-order valence-corrected chi connectivity index (χ4v) is 4.32. The third kappa shape index (κ3) is 4.54. The van der Waals surface area contributed by atoms with Crippen LogP contribution >= 0.6 is 0 Å². The second-order valence-corrected chi connectivity index (χ2v) is 8.74. The molecule has 2 aromatic carbocycles. The predicted molar refractivity (Wildman–Crippen MR) is 114 cm³/mol. The highest BCUT2D eigenvalue weighted by Crippen LogP contribution is 2.32. The largest absolute Gasteiger partial charge is 0.496 e. The number of anilines is 1. The lowest BCUT2D eigenvalue weighted by atomic mass is 10.1. The molecule has 31 heavy (non-hydrogen) atoms. The van der Waals surface area contributed by atoms with Gasteiger partial charge in [0.15, 0.2) is 21.3 Å². The first-order valence-corrected chi connectivity index (χ1v) is 11.2. The van der Waals surface area contributed by atoms with Crippen LogP contribution in [0.2, 0.25) is 0 Å². The van der Waals surface area contributed by atoms with Crippen molar-refractivity contribution in [3.05, 3.63) is 48.7 Å². The Morgan fingerprint density at radius 1 is 1.13 bits per heavy atom. The molecule has 3 aromatic rings. The van der Waals surface area contributed by atoms with Gasteiger partial charge in [-0.05, 0) is 36.4 Å². The van der Waals surface area contributed by atoms with E-state index in [1.807, 2.05) is 6.07 Å². The number of sulfone groups is 1. The maximum Gasteiger partial charge on any atom is 0.238 e. The smallest absolute Gasteiger partial charge is 0.238 e. The first-order chi connectivity index (χ1) is 15.0. The number of pyridine rings is 1. The van der Waals surface area contributed by atoms with Crippen LogP contribution in [-0.2, 0) is 14.6 Å². The van der Waals surface area contributed by atoms with Gasteiger partial charge in [-0.2, -0.15) is 0 Å². The van der Waals surface area contributed by atoms with E-state index < -0.39 is 21.6 Å². The summed E-state index contributed by atoms with van der Waals surface area (Å²) in [6.07, 6.45) is 1.62. The summed E-state index contributed by atoms with van der Waals surface area (Å²) in [6.45, 7) is 0.600. The van der Waals surface area contributed by atoms with Crippen LogP contribution in [0.4, 0.5) is 5.69 Å². The molecule has 1 amide bonds. The molecule has 1 aliphatic heterocycles. The van der Waals surface area contributed by atoms with E-state index >= 15 is 0 Å². The third-order valence-electron chi connectivity index (χ3n) is 4.67. The van der Waals surface area contributed by atoms with Gasteiger partial charge in [-0.3, -0.25) is 15.1 Å². The number of nitrogens with zero attached hydrogens (tertiary/aromatic N) is 1. The van der Waals surface area contributed by atoms with E-state index in [0.717, 1.165) is 5.39 Å². The van der Waals surface area contributed by atoms with Crippen LogP contribution in [0.3, 0.4) is 0 Å². The number of amides is 1. The van der Waals surface area contributed by atoms with E-state index in [1.54, 1.807) is 37.6 Å². The highest BCUT2D eigenvalue weighted by atomic mass is 32.2. The van der Waals surface area contributed by atoms with Crippen LogP contribution in [0, 0.1) is 0 Å². The number of rotatable bonds is 7. The van der Waals surface area contributed by atoms with Crippen molar-refractivity contribution in [2.45, 2.75) is 4.90 Å². The van der Waals surface area contributed by atoms with E-state index in [-0.39, 0.29) is 11.4 Å². The van der Waals surface area contributed by atoms with Crippen LogP contribution in [0.25, 0.3) is 10.9 Å². The Balaban J connectivity index is 1.39. The summed E-state index contributed by atoms with van der Waals surface area (Å²) in [7, 11) is -2.10. The molecule has 1 aliphatic rings. The fraction of sp³-hybridized carbons (Fsp3) is 0.238. The molecule has 2 N–H and O–H groups in total. The zero-order chi connectivity index (χ0) is 21.8. The maximum absolute atomic E-state index is 12.6. The number of aromatic nitrogens is 1. The van der Waals surface area contributed by atoms with E-state index in [4.69, 9.17) is 14.2 Å². The molecule has 1 aromatic heterocycles. The van der Waals surface area contributed by atoms with E-state index in [2.05, 4.69) is 15.6 Å². The molecule has 0 bridgehead atoms. The highest BCUT2D eigenvalue weighted by molar-refractivity contribution is 7.91. The van der Waals surface area contributed by atoms with Crippen LogP contribution < -0.4 is 24.8 Å². The molecule has 162 valence electrons. The van der Waals surface area contributed by atoms with E-state index in [9.17, 15) is 13.2 Å². The molecule has 0 saturated carbocycles. The van der Waals surface area contributed by atoms with Crippen molar-refractivity contribution in [1.82, 2.24) is 10.3 Å². The number of nitrogens with one attached hydrogen (secondary N) is 2. The Morgan fingerprint density at radius 3 is 2.74 bits per heavy atom. The van der Waals surface area contributed by atoms with Gasteiger partial charge < -0.3 is 19.5 Å². The fourth-order valence-electron chi connectivity index (χ4n) is 3.22. The Bertz CT molecular complexity index is 1230. The molecule has 2 heterocycles. The number of ether oxygens (including phenoxy) is 3. The Hall–Kier alpha value is -3.37. The quantitative estimate of drug-likeness (QED) is 0.570. The first-order valence-electron chi connectivity index (χ1n) is 9.52. The summed E-state index contributed by atoms with van der Waals surface area (Å²) in [5.41, 5.74) is 1.09. The molecule has 0 saturated heterocycles. The van der Waals surface area contributed by atoms with Crippen LogP contribution in [-0.4, -0.2) is 52.1 Å². The summed E-state index contributed by atoms with van der Waals surface area (Å²) in [4.78, 5) is 16.8. The molecular weight excluding hydrogens is 422 g/mol. The van der Waals surface area contributed by atoms with Gasteiger partial charge in [0.05, 0.1) is 29.8 Å². The Kier molecular flexibility index (Phi) is 5.92. The molecule has 0 atom stereocenters. The van der Waals surface area contributed by atoms with Crippen molar-refractivity contribution < 1.29 is 27.4 Å². The lowest BCUT2D eigenvalue weighted by Crippen LogP contribution is -2.32. The minimum absolute atomic E-state index is 0.0926. The van der Waals surface area contributed by atoms with Gasteiger partial charge >= 0.3 is 0 Å². The Morgan fingerprint density at radius 2 is 1.94 bits per heavy atom. The van der Waals surface area contributed by atoms with Crippen molar-refractivity contribution in [3.8, 4) is 17.2 Å². The molecule has 4 rings (SSSR count). The number of hydrogen-bond donors (Lipinski definition) is 2. The molecule has 10 heteroatoms. The number of fused-ring (bicyclic) bond motifs is 2. The summed E-state index contributed by atoms with van der Waals surface area (Å²) in [6, 6.07) is 11.5. The molecule has 0 spiro atoms. The number of hydrogen-bond acceptors (Lipinski definition) is 8. The van der Waals surface area contributed by atoms with Crippen LogP contribution in [0.15, 0.2) is 53.6 Å². The number of methoxy groups -OCH3 is 1. The lowest BCUT2D eigenvalue weighted by Gasteiger charge is -2.18. The van der Waals surface area contributed by atoms with Crippen LogP contribution in [0.1, 0.15) is 0 Å². The molecule has 0 unspecified atom stereocenters. The van der Waals surface area contributed by atoms with Crippen molar-refractivity contribution in [2.75, 3.05) is 38.1 Å². The predicted octanol–water partition coefficient (Wildman–Crippen LogP) is 1.97. The SMILES string of the molecule is COc1ccc(NC(=O)CNCS(=O)(=O)c2ccc3c(c2)OCCO3)c2ncccc12. The summed E-state index contributed by atoms with van der Waals surface area (Å²) < 4.78 is 41.3. The zero-order valence-corrected chi connectivity index (χ0v) is 17.6. The lowest BCUT2D eigenvalue weighted by molar-refractivity contribution is -0.115. The zero-order valence-electron chi connectivity index (χ0n) is 16.8. The second kappa shape index (κ2) is 8.78. The summed E-state index contributed by atoms with van der Waals surface area (Å²) >= 11 is 0. The molecule has 0 aliphatic carbocycles. The summed E-state index contributed by atoms with van der Waals surface area (Å²) in [5.74, 6) is 0.753. The minimum Gasteiger partial charge on any atom is -0.496 e. The molecule has 9 nitrogen and oxygen atoms in total. The van der Waals surface area contributed by atoms with Crippen molar-refractivity contribution in [2.24, 2.45) is 0 Å².